The van der Waals surface area contributed by atoms with E-state index in [4.69, 9.17) is 9.47 Å². The number of amides is 2. The quantitative estimate of drug-likeness (QED) is 0.915. The van der Waals surface area contributed by atoms with E-state index >= 15 is 0 Å². The van der Waals surface area contributed by atoms with Crippen molar-refractivity contribution in [2.24, 2.45) is 0 Å². The van der Waals surface area contributed by atoms with E-state index in [9.17, 15) is 4.79 Å². The number of urea groups is 1. The summed E-state index contributed by atoms with van der Waals surface area (Å²) in [6.45, 7) is 4.09. The molecule has 6 heteroatoms. The van der Waals surface area contributed by atoms with Crippen LogP contribution in [0, 0.1) is 0 Å². The first kappa shape index (κ1) is 15.7. The third-order valence-corrected chi connectivity index (χ3v) is 4.53. The molecule has 0 unspecified atom stereocenters. The number of hydrogen-bond acceptors (Lipinski definition) is 4. The number of ether oxygens (including phenoxy) is 2. The first-order chi connectivity index (χ1) is 11.3. The molecular formula is C17H20N2O3S. The van der Waals surface area contributed by atoms with Gasteiger partial charge in [-0.15, -0.1) is 11.3 Å². The largest absolute Gasteiger partial charge is 0.486 e. The van der Waals surface area contributed by atoms with Crippen LogP contribution in [-0.4, -0.2) is 36.7 Å². The Balaban J connectivity index is 1.54. The Labute approximate surface area is 139 Å². The molecule has 1 N–H and O–H groups in total. The summed E-state index contributed by atoms with van der Waals surface area (Å²) in [6.07, 6.45) is -0.155. The van der Waals surface area contributed by atoms with Crippen molar-refractivity contribution in [3.63, 3.8) is 0 Å². The van der Waals surface area contributed by atoms with Gasteiger partial charge in [-0.3, -0.25) is 0 Å². The van der Waals surface area contributed by atoms with Crippen molar-refractivity contribution in [3.05, 3.63) is 46.7 Å². The van der Waals surface area contributed by atoms with Gasteiger partial charge in [0.05, 0.1) is 13.1 Å². The maximum atomic E-state index is 12.3. The summed E-state index contributed by atoms with van der Waals surface area (Å²) in [5.41, 5.74) is 0. The maximum absolute atomic E-state index is 12.3. The lowest BCUT2D eigenvalue weighted by Crippen LogP contribution is -2.47. The molecule has 1 atom stereocenters. The van der Waals surface area contributed by atoms with Crippen LogP contribution in [0.1, 0.15) is 11.8 Å². The maximum Gasteiger partial charge on any atom is 0.317 e. The zero-order valence-electron chi connectivity index (χ0n) is 13.0. The van der Waals surface area contributed by atoms with Gasteiger partial charge >= 0.3 is 6.03 Å². The Bertz CT molecular complexity index is 645. The van der Waals surface area contributed by atoms with Crippen molar-refractivity contribution in [1.29, 1.82) is 0 Å². The van der Waals surface area contributed by atoms with E-state index in [-0.39, 0.29) is 12.1 Å². The fourth-order valence-corrected chi connectivity index (χ4v) is 3.09. The predicted octanol–water partition coefficient (Wildman–Crippen LogP) is 3.12. The van der Waals surface area contributed by atoms with Crippen LogP contribution >= 0.6 is 11.3 Å². The standard InChI is InChI=1S/C17H20N2O3S/c1-2-19(17(20)18-10-14-6-5-9-23-14)11-13-12-21-15-7-3-4-8-16(15)22-13/h3-9,13H,2,10-12H2,1H3,(H,18,20)/t13-/m1/s1. The van der Waals surface area contributed by atoms with Crippen molar-refractivity contribution >= 4 is 17.4 Å². The van der Waals surface area contributed by atoms with Gasteiger partial charge in [-0.1, -0.05) is 18.2 Å². The molecular weight excluding hydrogens is 312 g/mol. The first-order valence-corrected chi connectivity index (χ1v) is 8.58. The van der Waals surface area contributed by atoms with Crippen LogP contribution < -0.4 is 14.8 Å². The minimum absolute atomic E-state index is 0.0802. The van der Waals surface area contributed by atoms with Crippen LogP contribution in [0.5, 0.6) is 11.5 Å². The molecule has 1 aromatic heterocycles. The topological polar surface area (TPSA) is 50.8 Å². The number of hydrogen-bond donors (Lipinski definition) is 1. The summed E-state index contributed by atoms with van der Waals surface area (Å²) in [6, 6.07) is 11.5. The van der Waals surface area contributed by atoms with Crippen LogP contribution in [0.3, 0.4) is 0 Å². The zero-order valence-corrected chi connectivity index (χ0v) is 13.8. The minimum Gasteiger partial charge on any atom is -0.486 e. The predicted molar refractivity (Wildman–Crippen MR) is 90.2 cm³/mol. The highest BCUT2D eigenvalue weighted by molar-refractivity contribution is 7.09. The van der Waals surface area contributed by atoms with Gasteiger partial charge in [0, 0.05) is 11.4 Å². The summed E-state index contributed by atoms with van der Waals surface area (Å²) >= 11 is 1.63. The highest BCUT2D eigenvalue weighted by Gasteiger charge is 2.24. The van der Waals surface area contributed by atoms with E-state index in [1.165, 1.54) is 0 Å². The van der Waals surface area contributed by atoms with E-state index in [1.54, 1.807) is 16.2 Å². The van der Waals surface area contributed by atoms with Crippen LogP contribution in [0.15, 0.2) is 41.8 Å². The number of carbonyl (C=O) groups is 1. The van der Waals surface area contributed by atoms with Gasteiger partial charge in [0.15, 0.2) is 17.6 Å². The summed E-state index contributed by atoms with van der Waals surface area (Å²) in [5.74, 6) is 1.49. The second kappa shape index (κ2) is 7.37. The summed E-state index contributed by atoms with van der Waals surface area (Å²) in [5, 5.41) is 4.95. The molecule has 1 aromatic carbocycles. The number of likely N-dealkylation sites (N-methyl/N-ethyl adjacent to an activating group) is 1. The number of rotatable bonds is 5. The number of benzene rings is 1. The molecule has 1 aliphatic rings. The zero-order chi connectivity index (χ0) is 16.1. The van der Waals surface area contributed by atoms with Gasteiger partial charge in [0.1, 0.15) is 6.61 Å². The summed E-state index contributed by atoms with van der Waals surface area (Å²) in [7, 11) is 0. The van der Waals surface area contributed by atoms with Crippen molar-refractivity contribution < 1.29 is 14.3 Å². The fraction of sp³-hybridized carbons (Fsp3) is 0.353. The molecule has 0 fully saturated rings. The smallest absolute Gasteiger partial charge is 0.317 e. The van der Waals surface area contributed by atoms with Crippen LogP contribution in [0.2, 0.25) is 0 Å². The van der Waals surface area contributed by atoms with Crippen LogP contribution in [-0.2, 0) is 6.54 Å². The molecule has 0 bridgehead atoms. The van der Waals surface area contributed by atoms with Gasteiger partial charge in [0.2, 0.25) is 0 Å². The Kier molecular flexibility index (Phi) is 5.02. The molecule has 1 aliphatic heterocycles. The fourth-order valence-electron chi connectivity index (χ4n) is 2.44. The van der Waals surface area contributed by atoms with Crippen molar-refractivity contribution in [1.82, 2.24) is 10.2 Å². The average molecular weight is 332 g/mol. The van der Waals surface area contributed by atoms with E-state index in [0.717, 1.165) is 16.4 Å². The van der Waals surface area contributed by atoms with Gasteiger partial charge in [-0.25, -0.2) is 4.79 Å². The number of nitrogens with zero attached hydrogens (tertiary/aromatic N) is 1. The van der Waals surface area contributed by atoms with Crippen molar-refractivity contribution in [3.8, 4) is 11.5 Å². The highest BCUT2D eigenvalue weighted by atomic mass is 32.1. The molecule has 0 aliphatic carbocycles. The number of para-hydroxylation sites is 2. The Hall–Kier alpha value is -2.21. The Morgan fingerprint density at radius 3 is 2.87 bits per heavy atom. The Morgan fingerprint density at radius 2 is 2.13 bits per heavy atom. The third-order valence-electron chi connectivity index (χ3n) is 3.65. The molecule has 2 amide bonds. The number of thiophene rings is 1. The lowest BCUT2D eigenvalue weighted by molar-refractivity contribution is 0.0675. The van der Waals surface area contributed by atoms with Gasteiger partial charge < -0.3 is 19.7 Å². The monoisotopic (exact) mass is 332 g/mol. The number of fused-ring (bicyclic) bond motifs is 1. The van der Waals surface area contributed by atoms with E-state index in [2.05, 4.69) is 5.32 Å². The van der Waals surface area contributed by atoms with E-state index in [1.807, 2.05) is 48.7 Å². The van der Waals surface area contributed by atoms with Gasteiger partial charge in [-0.2, -0.15) is 0 Å². The second-order valence-electron chi connectivity index (χ2n) is 5.27. The molecule has 3 rings (SSSR count). The van der Waals surface area contributed by atoms with Gasteiger partial charge in [0.25, 0.3) is 0 Å². The number of nitrogens with one attached hydrogen (secondary N) is 1. The molecule has 2 heterocycles. The highest BCUT2D eigenvalue weighted by Crippen LogP contribution is 2.30. The van der Waals surface area contributed by atoms with Crippen LogP contribution in [0.4, 0.5) is 4.79 Å². The molecule has 0 radical (unpaired) electrons. The second-order valence-corrected chi connectivity index (χ2v) is 6.31. The lowest BCUT2D eigenvalue weighted by atomic mass is 10.2. The third kappa shape index (κ3) is 3.96. The normalized spacial score (nSPS) is 16.0. The average Bonchev–Trinajstić information content (AvgIpc) is 3.11. The van der Waals surface area contributed by atoms with E-state index < -0.39 is 0 Å². The first-order valence-electron chi connectivity index (χ1n) is 7.70. The van der Waals surface area contributed by atoms with Crippen molar-refractivity contribution in [2.75, 3.05) is 19.7 Å². The lowest BCUT2D eigenvalue weighted by Gasteiger charge is -2.30. The number of carbonyl (C=O) groups excluding carboxylic acids is 1. The summed E-state index contributed by atoms with van der Waals surface area (Å²) < 4.78 is 11.6. The SMILES string of the molecule is CCN(C[C@@H]1COc2ccccc2O1)C(=O)NCc1cccs1. The molecule has 122 valence electrons. The van der Waals surface area contributed by atoms with Crippen molar-refractivity contribution in [2.45, 2.75) is 19.6 Å². The molecule has 0 saturated carbocycles. The molecule has 23 heavy (non-hydrogen) atoms. The molecule has 5 nitrogen and oxygen atoms in total. The van der Waals surface area contributed by atoms with Crippen LogP contribution in [0.25, 0.3) is 0 Å². The molecule has 2 aromatic rings. The summed E-state index contributed by atoms with van der Waals surface area (Å²) in [4.78, 5) is 15.2. The molecule has 0 saturated heterocycles. The van der Waals surface area contributed by atoms with E-state index in [0.29, 0.717) is 26.2 Å². The molecule has 0 spiro atoms. The van der Waals surface area contributed by atoms with Gasteiger partial charge in [-0.05, 0) is 30.5 Å². The minimum atomic E-state index is -0.155. The Morgan fingerprint density at radius 1 is 1.30 bits per heavy atom.